The Morgan fingerprint density at radius 1 is 1.17 bits per heavy atom. The van der Waals surface area contributed by atoms with Crippen molar-refractivity contribution >= 4 is 23.2 Å². The van der Waals surface area contributed by atoms with Gasteiger partial charge in [-0.15, -0.1) is 0 Å². The summed E-state index contributed by atoms with van der Waals surface area (Å²) in [6, 6.07) is 14.2. The second-order valence-electron chi connectivity index (χ2n) is 3.93. The predicted molar refractivity (Wildman–Crippen MR) is 73.5 cm³/mol. The molecule has 4 heteroatoms. The van der Waals surface area contributed by atoms with Gasteiger partial charge in [-0.05, 0) is 42.0 Å². The normalized spacial score (nSPS) is 10.1. The van der Waals surface area contributed by atoms with E-state index in [1.807, 2.05) is 18.2 Å². The molecule has 2 rings (SSSR count). The predicted octanol–water partition coefficient (Wildman–Crippen LogP) is 2.85. The molecule has 0 aliphatic heterocycles. The minimum absolute atomic E-state index is 0.130. The van der Waals surface area contributed by atoms with Crippen molar-refractivity contribution < 1.29 is 4.79 Å². The van der Waals surface area contributed by atoms with Gasteiger partial charge in [0.2, 0.25) is 0 Å². The monoisotopic (exact) mass is 260 g/mol. The van der Waals surface area contributed by atoms with Crippen LogP contribution < -0.4 is 11.1 Å². The molecule has 1 amide bonds. The van der Waals surface area contributed by atoms with Crippen molar-refractivity contribution in [2.24, 2.45) is 0 Å². The van der Waals surface area contributed by atoms with Crippen molar-refractivity contribution in [3.63, 3.8) is 0 Å². The van der Waals surface area contributed by atoms with E-state index in [0.29, 0.717) is 22.8 Å². The molecular formula is C14H13ClN2O. The van der Waals surface area contributed by atoms with E-state index in [1.54, 1.807) is 30.3 Å². The van der Waals surface area contributed by atoms with Crippen LogP contribution in [0, 0.1) is 0 Å². The van der Waals surface area contributed by atoms with Crippen LogP contribution in [0.1, 0.15) is 15.9 Å². The average Bonchev–Trinajstić information content (AvgIpc) is 2.37. The molecule has 0 heterocycles. The number of nitrogens with one attached hydrogen (secondary N) is 1. The highest BCUT2D eigenvalue weighted by molar-refractivity contribution is 6.30. The minimum Gasteiger partial charge on any atom is -0.399 e. The summed E-state index contributed by atoms with van der Waals surface area (Å²) in [5.41, 5.74) is 7.76. The number of nitrogens with two attached hydrogens (primary N) is 1. The van der Waals surface area contributed by atoms with E-state index in [1.165, 1.54) is 0 Å². The number of halogens is 1. The number of rotatable bonds is 3. The van der Waals surface area contributed by atoms with Crippen LogP contribution >= 0.6 is 11.6 Å². The number of benzene rings is 2. The lowest BCUT2D eigenvalue weighted by Crippen LogP contribution is -2.22. The second kappa shape index (κ2) is 5.56. The van der Waals surface area contributed by atoms with Gasteiger partial charge in [-0.2, -0.15) is 0 Å². The largest absolute Gasteiger partial charge is 0.399 e. The Morgan fingerprint density at radius 2 is 1.89 bits per heavy atom. The minimum atomic E-state index is -0.130. The fourth-order valence-corrected chi connectivity index (χ4v) is 1.78. The van der Waals surface area contributed by atoms with Crippen molar-refractivity contribution in [1.82, 2.24) is 5.32 Å². The highest BCUT2D eigenvalue weighted by Crippen LogP contribution is 2.11. The Balaban J connectivity index is 1.98. The highest BCUT2D eigenvalue weighted by atomic mass is 35.5. The second-order valence-corrected chi connectivity index (χ2v) is 4.37. The standard InChI is InChI=1S/C14H13ClN2O/c15-12-3-1-2-10(8-12)9-17-14(18)11-4-6-13(16)7-5-11/h1-8H,9,16H2,(H,17,18). The van der Waals surface area contributed by atoms with Gasteiger partial charge in [0.25, 0.3) is 5.91 Å². The number of amides is 1. The van der Waals surface area contributed by atoms with E-state index >= 15 is 0 Å². The third-order valence-electron chi connectivity index (χ3n) is 2.51. The zero-order valence-corrected chi connectivity index (χ0v) is 10.4. The maximum atomic E-state index is 11.8. The Morgan fingerprint density at radius 3 is 2.56 bits per heavy atom. The van der Waals surface area contributed by atoms with Crippen molar-refractivity contribution in [2.75, 3.05) is 5.73 Å². The molecule has 0 bridgehead atoms. The molecule has 0 unspecified atom stereocenters. The molecule has 92 valence electrons. The van der Waals surface area contributed by atoms with E-state index < -0.39 is 0 Å². The lowest BCUT2D eigenvalue weighted by molar-refractivity contribution is 0.0951. The molecule has 0 saturated heterocycles. The first kappa shape index (κ1) is 12.5. The van der Waals surface area contributed by atoms with Crippen LogP contribution in [0.2, 0.25) is 5.02 Å². The van der Waals surface area contributed by atoms with E-state index in [9.17, 15) is 4.79 Å². The van der Waals surface area contributed by atoms with Crippen LogP contribution in [0.15, 0.2) is 48.5 Å². The number of carbonyl (C=O) groups excluding carboxylic acids is 1. The smallest absolute Gasteiger partial charge is 0.251 e. The van der Waals surface area contributed by atoms with Crippen molar-refractivity contribution in [3.05, 3.63) is 64.7 Å². The fourth-order valence-electron chi connectivity index (χ4n) is 1.57. The molecule has 3 N–H and O–H groups in total. The van der Waals surface area contributed by atoms with E-state index in [4.69, 9.17) is 17.3 Å². The molecule has 0 spiro atoms. The number of nitrogen functional groups attached to an aromatic ring is 1. The molecule has 0 aliphatic carbocycles. The fraction of sp³-hybridized carbons (Fsp3) is 0.0714. The summed E-state index contributed by atoms with van der Waals surface area (Å²) >= 11 is 5.87. The third kappa shape index (κ3) is 3.25. The molecule has 3 nitrogen and oxygen atoms in total. The average molecular weight is 261 g/mol. The molecular weight excluding hydrogens is 248 g/mol. The Bertz CT molecular complexity index is 552. The van der Waals surface area contributed by atoms with Crippen LogP contribution in [0.3, 0.4) is 0 Å². The van der Waals surface area contributed by atoms with Crippen molar-refractivity contribution in [1.29, 1.82) is 0 Å². The quantitative estimate of drug-likeness (QED) is 0.834. The van der Waals surface area contributed by atoms with E-state index in [2.05, 4.69) is 5.32 Å². The van der Waals surface area contributed by atoms with Gasteiger partial charge < -0.3 is 11.1 Å². The number of hydrogen-bond donors (Lipinski definition) is 2. The molecule has 18 heavy (non-hydrogen) atoms. The van der Waals surface area contributed by atoms with Gasteiger partial charge in [0.1, 0.15) is 0 Å². The highest BCUT2D eigenvalue weighted by Gasteiger charge is 2.04. The number of anilines is 1. The molecule has 2 aromatic carbocycles. The molecule has 0 aromatic heterocycles. The zero-order valence-electron chi connectivity index (χ0n) is 9.69. The van der Waals surface area contributed by atoms with Gasteiger partial charge in [0.05, 0.1) is 0 Å². The number of hydrogen-bond acceptors (Lipinski definition) is 2. The SMILES string of the molecule is Nc1ccc(C(=O)NCc2cccc(Cl)c2)cc1. The molecule has 0 radical (unpaired) electrons. The van der Waals surface area contributed by atoms with Crippen LogP contribution in [0.5, 0.6) is 0 Å². The maximum Gasteiger partial charge on any atom is 0.251 e. The van der Waals surface area contributed by atoms with Crippen LogP contribution in [0.25, 0.3) is 0 Å². The first-order chi connectivity index (χ1) is 8.65. The van der Waals surface area contributed by atoms with Crippen LogP contribution in [-0.4, -0.2) is 5.91 Å². The maximum absolute atomic E-state index is 11.8. The topological polar surface area (TPSA) is 55.1 Å². The van der Waals surface area contributed by atoms with Crippen LogP contribution in [0.4, 0.5) is 5.69 Å². The van der Waals surface area contributed by atoms with E-state index in [-0.39, 0.29) is 5.91 Å². The molecule has 0 atom stereocenters. The summed E-state index contributed by atoms with van der Waals surface area (Å²) in [7, 11) is 0. The van der Waals surface area contributed by atoms with Gasteiger partial charge in [-0.1, -0.05) is 23.7 Å². The first-order valence-electron chi connectivity index (χ1n) is 5.53. The summed E-state index contributed by atoms with van der Waals surface area (Å²) < 4.78 is 0. The molecule has 2 aromatic rings. The summed E-state index contributed by atoms with van der Waals surface area (Å²) in [4.78, 5) is 11.8. The Labute approximate surface area is 111 Å². The lowest BCUT2D eigenvalue weighted by Gasteiger charge is -2.06. The molecule has 0 saturated carbocycles. The van der Waals surface area contributed by atoms with Crippen LogP contribution in [-0.2, 0) is 6.54 Å². The van der Waals surface area contributed by atoms with Gasteiger partial charge in [-0.25, -0.2) is 0 Å². The summed E-state index contributed by atoms with van der Waals surface area (Å²) in [6.07, 6.45) is 0. The van der Waals surface area contributed by atoms with Gasteiger partial charge in [0.15, 0.2) is 0 Å². The summed E-state index contributed by atoms with van der Waals surface area (Å²) in [6.45, 7) is 0.448. The number of carbonyl (C=O) groups is 1. The van der Waals surface area contributed by atoms with E-state index in [0.717, 1.165) is 5.56 Å². The van der Waals surface area contributed by atoms with Gasteiger partial charge >= 0.3 is 0 Å². The Kier molecular flexibility index (Phi) is 3.85. The summed E-state index contributed by atoms with van der Waals surface area (Å²) in [5.74, 6) is -0.130. The third-order valence-corrected chi connectivity index (χ3v) is 2.75. The first-order valence-corrected chi connectivity index (χ1v) is 5.91. The Hall–Kier alpha value is -2.00. The van der Waals surface area contributed by atoms with Gasteiger partial charge in [0, 0.05) is 22.8 Å². The summed E-state index contributed by atoms with van der Waals surface area (Å²) in [5, 5.41) is 3.48. The van der Waals surface area contributed by atoms with Gasteiger partial charge in [-0.3, -0.25) is 4.79 Å². The molecule has 0 aliphatic rings. The molecule has 0 fully saturated rings. The van der Waals surface area contributed by atoms with Crippen molar-refractivity contribution in [2.45, 2.75) is 6.54 Å². The zero-order chi connectivity index (χ0) is 13.0. The lowest BCUT2D eigenvalue weighted by atomic mass is 10.2. The van der Waals surface area contributed by atoms with Crippen molar-refractivity contribution in [3.8, 4) is 0 Å².